The number of hydrogen-bond acceptors (Lipinski definition) is 3. The van der Waals surface area contributed by atoms with Gasteiger partial charge in [0.2, 0.25) is 0 Å². The van der Waals surface area contributed by atoms with Crippen LogP contribution in [0.1, 0.15) is 27.9 Å². The van der Waals surface area contributed by atoms with Gasteiger partial charge < -0.3 is 4.98 Å². The maximum atomic E-state index is 6.62. The van der Waals surface area contributed by atoms with Crippen LogP contribution in [0.25, 0.3) is 10.9 Å². The second-order valence-corrected chi connectivity index (χ2v) is 8.02. The fourth-order valence-corrected chi connectivity index (χ4v) is 4.89. The summed E-state index contributed by atoms with van der Waals surface area (Å²) in [6, 6.07) is 16.9. The van der Waals surface area contributed by atoms with Gasteiger partial charge in [-0.2, -0.15) is 0 Å². The van der Waals surface area contributed by atoms with Crippen molar-refractivity contribution in [2.75, 3.05) is 6.54 Å². The number of para-hydroxylation sites is 1. The summed E-state index contributed by atoms with van der Waals surface area (Å²) in [6.45, 7) is 1.83. The van der Waals surface area contributed by atoms with Crippen LogP contribution in [0.4, 0.5) is 0 Å². The summed E-state index contributed by atoms with van der Waals surface area (Å²) in [5.41, 5.74) is 5.03. The predicted octanol–water partition coefficient (Wildman–Crippen LogP) is 5.43. The average Bonchev–Trinajstić information content (AvgIpc) is 3.30. The van der Waals surface area contributed by atoms with Gasteiger partial charge in [0, 0.05) is 39.7 Å². The van der Waals surface area contributed by atoms with Gasteiger partial charge in [-0.3, -0.25) is 4.90 Å². The van der Waals surface area contributed by atoms with Crippen LogP contribution in [0.5, 0.6) is 0 Å². The lowest BCUT2D eigenvalue weighted by atomic mass is 9.92. The highest BCUT2D eigenvalue weighted by Crippen LogP contribution is 2.41. The van der Waals surface area contributed by atoms with E-state index in [0.717, 1.165) is 35.1 Å². The molecule has 3 heterocycles. The minimum atomic E-state index is 0.115. The zero-order chi connectivity index (χ0) is 17.5. The van der Waals surface area contributed by atoms with E-state index in [0.29, 0.717) is 0 Å². The molecule has 130 valence electrons. The molecule has 1 N–H and O–H groups in total. The van der Waals surface area contributed by atoms with Gasteiger partial charge >= 0.3 is 0 Å². The van der Waals surface area contributed by atoms with E-state index >= 15 is 0 Å². The molecule has 0 saturated heterocycles. The first-order chi connectivity index (χ1) is 12.8. The van der Waals surface area contributed by atoms with E-state index in [9.17, 15) is 0 Å². The normalized spacial score (nSPS) is 17.5. The van der Waals surface area contributed by atoms with Crippen LogP contribution in [0.2, 0.25) is 5.02 Å². The van der Waals surface area contributed by atoms with Gasteiger partial charge in [-0.05, 0) is 29.7 Å². The van der Waals surface area contributed by atoms with E-state index in [1.54, 1.807) is 11.3 Å². The van der Waals surface area contributed by atoms with E-state index in [1.807, 2.05) is 23.7 Å². The first kappa shape index (κ1) is 16.1. The zero-order valence-corrected chi connectivity index (χ0v) is 15.7. The number of thiazole rings is 1. The lowest BCUT2D eigenvalue weighted by molar-refractivity contribution is 0.202. The molecule has 1 atom stereocenters. The SMILES string of the molecule is Clc1ccccc1[C@H]1c2[nH]c3ccccc3c2CCN1Cc1nccs1. The topological polar surface area (TPSA) is 31.9 Å². The van der Waals surface area contributed by atoms with E-state index in [4.69, 9.17) is 11.6 Å². The average molecular weight is 380 g/mol. The van der Waals surface area contributed by atoms with E-state index in [1.165, 1.54) is 22.2 Å². The molecular weight excluding hydrogens is 362 g/mol. The third-order valence-electron chi connectivity index (χ3n) is 5.16. The van der Waals surface area contributed by atoms with Crippen LogP contribution >= 0.6 is 22.9 Å². The molecule has 2 aromatic heterocycles. The molecule has 0 unspecified atom stereocenters. The van der Waals surface area contributed by atoms with Crippen molar-refractivity contribution >= 4 is 33.8 Å². The van der Waals surface area contributed by atoms with E-state index in [2.05, 4.69) is 51.3 Å². The Morgan fingerprint density at radius 2 is 2.00 bits per heavy atom. The van der Waals surface area contributed by atoms with Crippen LogP contribution in [-0.2, 0) is 13.0 Å². The molecule has 1 aliphatic heterocycles. The molecule has 5 heteroatoms. The molecule has 5 rings (SSSR count). The molecule has 4 aromatic rings. The van der Waals surface area contributed by atoms with Gasteiger partial charge in [-0.25, -0.2) is 4.98 Å². The second-order valence-electron chi connectivity index (χ2n) is 6.63. The van der Waals surface area contributed by atoms with Gasteiger partial charge in [0.1, 0.15) is 5.01 Å². The minimum Gasteiger partial charge on any atom is -0.357 e. The molecule has 26 heavy (non-hydrogen) atoms. The fraction of sp³-hybridized carbons (Fsp3) is 0.190. The molecule has 0 aliphatic carbocycles. The van der Waals surface area contributed by atoms with Crippen LogP contribution in [0.3, 0.4) is 0 Å². The smallest absolute Gasteiger partial charge is 0.107 e. The second kappa shape index (κ2) is 6.54. The van der Waals surface area contributed by atoms with E-state index < -0.39 is 0 Å². The van der Waals surface area contributed by atoms with Crippen molar-refractivity contribution in [2.45, 2.75) is 19.0 Å². The Morgan fingerprint density at radius 3 is 2.85 bits per heavy atom. The van der Waals surface area contributed by atoms with Crippen molar-refractivity contribution in [3.63, 3.8) is 0 Å². The van der Waals surface area contributed by atoms with E-state index in [-0.39, 0.29) is 6.04 Å². The Labute approximate surface area is 161 Å². The van der Waals surface area contributed by atoms with Crippen molar-refractivity contribution in [1.29, 1.82) is 0 Å². The summed E-state index contributed by atoms with van der Waals surface area (Å²) in [5, 5.41) is 5.32. The monoisotopic (exact) mass is 379 g/mol. The highest BCUT2D eigenvalue weighted by molar-refractivity contribution is 7.09. The number of aromatic amines is 1. The van der Waals surface area contributed by atoms with Crippen molar-refractivity contribution in [1.82, 2.24) is 14.9 Å². The zero-order valence-electron chi connectivity index (χ0n) is 14.2. The van der Waals surface area contributed by atoms with Gasteiger partial charge in [0.05, 0.1) is 12.6 Å². The van der Waals surface area contributed by atoms with Crippen LogP contribution in [-0.4, -0.2) is 21.4 Å². The summed E-state index contributed by atoms with van der Waals surface area (Å²) >= 11 is 8.32. The molecule has 3 nitrogen and oxygen atoms in total. The Hall–Kier alpha value is -2.14. The fourth-order valence-electron chi connectivity index (χ4n) is 4.01. The number of fused-ring (bicyclic) bond motifs is 3. The lowest BCUT2D eigenvalue weighted by Gasteiger charge is -2.36. The van der Waals surface area contributed by atoms with Gasteiger partial charge in [0.15, 0.2) is 0 Å². The number of nitrogens with one attached hydrogen (secondary N) is 1. The van der Waals surface area contributed by atoms with Gasteiger partial charge in [-0.15, -0.1) is 11.3 Å². The number of halogens is 1. The molecular formula is C21H18ClN3S. The number of benzene rings is 2. The largest absolute Gasteiger partial charge is 0.357 e. The van der Waals surface area contributed by atoms with Crippen molar-refractivity contribution in [3.8, 4) is 0 Å². The standard InChI is InChI=1S/C21H18ClN3S/c22-17-7-3-1-6-16(17)21-20-15(14-5-2-4-8-18(14)24-20)9-11-25(21)13-19-23-10-12-26-19/h1-8,10,12,21,24H,9,11,13H2/t21-/m0/s1. The maximum Gasteiger partial charge on any atom is 0.107 e. The molecule has 0 spiro atoms. The van der Waals surface area contributed by atoms with Crippen LogP contribution in [0.15, 0.2) is 60.1 Å². The molecule has 0 saturated carbocycles. The number of rotatable bonds is 3. The number of aromatic nitrogens is 2. The van der Waals surface area contributed by atoms with Crippen molar-refractivity contribution in [3.05, 3.63) is 87.0 Å². The third kappa shape index (κ3) is 2.65. The molecule has 0 amide bonds. The van der Waals surface area contributed by atoms with Crippen molar-refractivity contribution in [2.24, 2.45) is 0 Å². The third-order valence-corrected chi connectivity index (χ3v) is 6.26. The van der Waals surface area contributed by atoms with Gasteiger partial charge in [-0.1, -0.05) is 48.0 Å². The molecule has 0 fully saturated rings. The maximum absolute atomic E-state index is 6.62. The molecule has 0 radical (unpaired) electrons. The predicted molar refractivity (Wildman–Crippen MR) is 108 cm³/mol. The Morgan fingerprint density at radius 1 is 1.15 bits per heavy atom. The van der Waals surface area contributed by atoms with Gasteiger partial charge in [0.25, 0.3) is 0 Å². The molecule has 0 bridgehead atoms. The Bertz CT molecular complexity index is 1050. The number of nitrogens with zero attached hydrogens (tertiary/aromatic N) is 2. The summed E-state index contributed by atoms with van der Waals surface area (Å²) < 4.78 is 0. The highest BCUT2D eigenvalue weighted by atomic mass is 35.5. The highest BCUT2D eigenvalue weighted by Gasteiger charge is 2.33. The summed E-state index contributed by atoms with van der Waals surface area (Å²) in [6.07, 6.45) is 2.91. The first-order valence-electron chi connectivity index (χ1n) is 8.77. The summed E-state index contributed by atoms with van der Waals surface area (Å²) in [5.74, 6) is 0. The quantitative estimate of drug-likeness (QED) is 0.515. The van der Waals surface area contributed by atoms with Crippen LogP contribution in [0, 0.1) is 0 Å². The van der Waals surface area contributed by atoms with Crippen molar-refractivity contribution < 1.29 is 0 Å². The Balaban J connectivity index is 1.67. The Kier molecular flexibility index (Phi) is 4.04. The molecule has 1 aliphatic rings. The lowest BCUT2D eigenvalue weighted by Crippen LogP contribution is -2.35. The summed E-state index contributed by atoms with van der Waals surface area (Å²) in [7, 11) is 0. The summed E-state index contributed by atoms with van der Waals surface area (Å²) in [4.78, 5) is 10.7. The molecule has 2 aromatic carbocycles. The number of H-pyrrole nitrogens is 1. The number of hydrogen-bond donors (Lipinski definition) is 1. The van der Waals surface area contributed by atoms with Crippen LogP contribution < -0.4 is 0 Å². The minimum absolute atomic E-state index is 0.115. The first-order valence-corrected chi connectivity index (χ1v) is 10.0.